The highest BCUT2D eigenvalue weighted by Gasteiger charge is 2.40. The highest BCUT2D eigenvalue weighted by molar-refractivity contribution is 5.83. The molecule has 1 saturated carbocycles. The predicted octanol–water partition coefficient (Wildman–Crippen LogP) is 0.326. The molecule has 0 aromatic rings. The highest BCUT2D eigenvalue weighted by Crippen LogP contribution is 2.37. The Kier molecular flexibility index (Phi) is 3.50. The quantitative estimate of drug-likeness (QED) is 0.727. The van der Waals surface area contributed by atoms with E-state index in [1.165, 1.54) is 0 Å². The van der Waals surface area contributed by atoms with Gasteiger partial charge in [-0.3, -0.25) is 4.79 Å². The second-order valence-electron chi connectivity index (χ2n) is 5.41. The third-order valence-corrected chi connectivity index (χ3v) is 4.16. The minimum Gasteiger partial charge on any atom is -0.352 e. The summed E-state index contributed by atoms with van der Waals surface area (Å²) in [5, 5.41) is 3.18. The van der Waals surface area contributed by atoms with Gasteiger partial charge < -0.3 is 16.0 Å². The number of nitrogens with zero attached hydrogens (tertiary/aromatic N) is 1. The molecular formula is C12H23N3O. The Balaban J connectivity index is 1.91. The summed E-state index contributed by atoms with van der Waals surface area (Å²) in [7, 11) is 2.10. The number of likely N-dealkylation sites (tertiary alicyclic amines) is 1. The fourth-order valence-corrected chi connectivity index (χ4v) is 2.97. The lowest BCUT2D eigenvalue weighted by Gasteiger charge is -2.27. The molecule has 1 atom stereocenters. The number of rotatable bonds is 3. The van der Waals surface area contributed by atoms with Crippen molar-refractivity contribution in [2.75, 3.05) is 26.7 Å². The Morgan fingerprint density at radius 1 is 1.50 bits per heavy atom. The predicted molar refractivity (Wildman–Crippen MR) is 64.0 cm³/mol. The molecule has 0 spiro atoms. The summed E-state index contributed by atoms with van der Waals surface area (Å²) in [5.74, 6) is 0.202. The van der Waals surface area contributed by atoms with Gasteiger partial charge in [0.25, 0.3) is 0 Å². The summed E-state index contributed by atoms with van der Waals surface area (Å²) in [6.45, 7) is 2.56. The van der Waals surface area contributed by atoms with E-state index >= 15 is 0 Å². The second kappa shape index (κ2) is 4.72. The van der Waals surface area contributed by atoms with Gasteiger partial charge in [-0.2, -0.15) is 0 Å². The van der Waals surface area contributed by atoms with Gasteiger partial charge in [0.1, 0.15) is 0 Å². The van der Waals surface area contributed by atoms with Gasteiger partial charge in [-0.05, 0) is 32.9 Å². The van der Waals surface area contributed by atoms with E-state index in [1.54, 1.807) is 0 Å². The lowest BCUT2D eigenvalue weighted by Crippen LogP contribution is -2.48. The van der Waals surface area contributed by atoms with Crippen LogP contribution in [0.5, 0.6) is 0 Å². The fourth-order valence-electron chi connectivity index (χ4n) is 2.97. The van der Waals surface area contributed by atoms with E-state index in [0.29, 0.717) is 12.6 Å². The van der Waals surface area contributed by atoms with Crippen molar-refractivity contribution >= 4 is 5.91 Å². The van der Waals surface area contributed by atoms with Crippen LogP contribution in [0.1, 0.15) is 32.1 Å². The number of carbonyl (C=O) groups is 1. The molecule has 0 aromatic heterocycles. The van der Waals surface area contributed by atoms with Gasteiger partial charge >= 0.3 is 0 Å². The average Bonchev–Trinajstić information content (AvgIpc) is 2.88. The number of nitrogens with one attached hydrogen (secondary N) is 1. The van der Waals surface area contributed by atoms with Crippen LogP contribution in [0, 0.1) is 5.41 Å². The van der Waals surface area contributed by atoms with Crippen molar-refractivity contribution in [3.05, 3.63) is 0 Å². The third kappa shape index (κ3) is 2.23. The number of nitrogens with two attached hydrogens (primary N) is 1. The Bertz CT molecular complexity index is 261. The van der Waals surface area contributed by atoms with E-state index in [0.717, 1.165) is 45.2 Å². The SMILES string of the molecule is CN1CCC(NC(=O)C2(CN)CCCC2)C1. The first-order valence-electron chi connectivity index (χ1n) is 6.36. The molecule has 0 radical (unpaired) electrons. The summed E-state index contributed by atoms with van der Waals surface area (Å²) in [5.41, 5.74) is 5.55. The molecule has 1 unspecified atom stereocenters. The number of likely N-dealkylation sites (N-methyl/N-ethyl adjacent to an activating group) is 1. The lowest BCUT2D eigenvalue weighted by atomic mass is 9.85. The zero-order valence-electron chi connectivity index (χ0n) is 10.2. The van der Waals surface area contributed by atoms with Crippen molar-refractivity contribution in [2.24, 2.45) is 11.1 Å². The van der Waals surface area contributed by atoms with E-state index in [-0.39, 0.29) is 11.3 Å². The Labute approximate surface area is 97.6 Å². The molecule has 3 N–H and O–H groups in total. The topological polar surface area (TPSA) is 58.4 Å². The first kappa shape index (κ1) is 11.9. The smallest absolute Gasteiger partial charge is 0.227 e. The van der Waals surface area contributed by atoms with Crippen molar-refractivity contribution in [3.63, 3.8) is 0 Å². The molecule has 4 heteroatoms. The van der Waals surface area contributed by atoms with Crippen LogP contribution in [-0.4, -0.2) is 43.5 Å². The van der Waals surface area contributed by atoms with Crippen LogP contribution in [0.3, 0.4) is 0 Å². The molecule has 2 rings (SSSR count). The molecule has 0 bridgehead atoms. The van der Waals surface area contributed by atoms with E-state index < -0.39 is 0 Å². The highest BCUT2D eigenvalue weighted by atomic mass is 16.2. The van der Waals surface area contributed by atoms with Crippen LogP contribution in [-0.2, 0) is 4.79 Å². The molecule has 1 aliphatic heterocycles. The summed E-state index contributed by atoms with van der Waals surface area (Å²) in [6.07, 6.45) is 5.31. The molecule has 92 valence electrons. The molecule has 4 nitrogen and oxygen atoms in total. The van der Waals surface area contributed by atoms with Gasteiger partial charge in [0, 0.05) is 19.1 Å². The van der Waals surface area contributed by atoms with Gasteiger partial charge in [-0.15, -0.1) is 0 Å². The molecule has 0 aromatic carbocycles. The Morgan fingerprint density at radius 3 is 2.69 bits per heavy atom. The normalized spacial score (nSPS) is 29.5. The van der Waals surface area contributed by atoms with Crippen LogP contribution >= 0.6 is 0 Å². The third-order valence-electron chi connectivity index (χ3n) is 4.16. The van der Waals surface area contributed by atoms with Gasteiger partial charge in [0.05, 0.1) is 5.41 Å². The first-order valence-corrected chi connectivity index (χ1v) is 6.36. The van der Waals surface area contributed by atoms with Crippen molar-refractivity contribution in [3.8, 4) is 0 Å². The second-order valence-corrected chi connectivity index (χ2v) is 5.41. The molecule has 1 amide bonds. The maximum Gasteiger partial charge on any atom is 0.227 e. The van der Waals surface area contributed by atoms with Crippen molar-refractivity contribution in [2.45, 2.75) is 38.1 Å². The van der Waals surface area contributed by atoms with Crippen LogP contribution in [0.4, 0.5) is 0 Å². The molecule has 16 heavy (non-hydrogen) atoms. The van der Waals surface area contributed by atoms with Crippen LogP contribution in [0.25, 0.3) is 0 Å². The minimum atomic E-state index is -0.249. The summed E-state index contributed by atoms with van der Waals surface area (Å²) in [4.78, 5) is 14.5. The minimum absolute atomic E-state index is 0.202. The standard InChI is InChI=1S/C12H23N3O/c1-15-7-4-10(8-15)14-11(16)12(9-13)5-2-3-6-12/h10H,2-9,13H2,1H3,(H,14,16). The van der Waals surface area contributed by atoms with Crippen molar-refractivity contribution in [1.29, 1.82) is 0 Å². The van der Waals surface area contributed by atoms with Crippen molar-refractivity contribution in [1.82, 2.24) is 10.2 Å². The zero-order chi connectivity index (χ0) is 11.6. The van der Waals surface area contributed by atoms with Crippen molar-refractivity contribution < 1.29 is 4.79 Å². The maximum absolute atomic E-state index is 12.3. The van der Waals surface area contributed by atoms with E-state index in [4.69, 9.17) is 5.73 Å². The fraction of sp³-hybridized carbons (Fsp3) is 0.917. The van der Waals surface area contributed by atoms with Gasteiger partial charge in [0.15, 0.2) is 0 Å². The summed E-state index contributed by atoms with van der Waals surface area (Å²) >= 11 is 0. The van der Waals surface area contributed by atoms with Gasteiger partial charge in [-0.1, -0.05) is 12.8 Å². The summed E-state index contributed by atoms with van der Waals surface area (Å²) in [6, 6.07) is 0.335. The van der Waals surface area contributed by atoms with E-state index in [2.05, 4.69) is 17.3 Å². The molecule has 2 aliphatic rings. The molecule has 1 saturated heterocycles. The van der Waals surface area contributed by atoms with Gasteiger partial charge in [0.2, 0.25) is 5.91 Å². The lowest BCUT2D eigenvalue weighted by molar-refractivity contribution is -0.131. The van der Waals surface area contributed by atoms with Crippen LogP contribution in [0.2, 0.25) is 0 Å². The number of amides is 1. The Hall–Kier alpha value is -0.610. The Morgan fingerprint density at radius 2 is 2.19 bits per heavy atom. The monoisotopic (exact) mass is 225 g/mol. The van der Waals surface area contributed by atoms with E-state index in [1.807, 2.05) is 0 Å². The number of carbonyl (C=O) groups excluding carboxylic acids is 1. The largest absolute Gasteiger partial charge is 0.352 e. The maximum atomic E-state index is 12.3. The van der Waals surface area contributed by atoms with Crippen LogP contribution in [0.15, 0.2) is 0 Å². The van der Waals surface area contributed by atoms with Crippen LogP contribution < -0.4 is 11.1 Å². The molecular weight excluding hydrogens is 202 g/mol. The van der Waals surface area contributed by atoms with Gasteiger partial charge in [-0.25, -0.2) is 0 Å². The average molecular weight is 225 g/mol. The van der Waals surface area contributed by atoms with E-state index in [9.17, 15) is 4.79 Å². The number of hydrogen-bond acceptors (Lipinski definition) is 3. The molecule has 2 fully saturated rings. The zero-order valence-corrected chi connectivity index (χ0v) is 10.2. The first-order chi connectivity index (χ1) is 7.66. The number of hydrogen-bond donors (Lipinski definition) is 2. The molecule has 1 aliphatic carbocycles. The molecule has 1 heterocycles. The summed E-state index contributed by atoms with van der Waals surface area (Å²) < 4.78 is 0.